The lowest BCUT2D eigenvalue weighted by atomic mass is 9.75. The predicted molar refractivity (Wildman–Crippen MR) is 500 cm³/mol. The summed E-state index contributed by atoms with van der Waals surface area (Å²) in [5.41, 5.74) is 0.928. The van der Waals surface area contributed by atoms with Crippen LogP contribution in [0.25, 0.3) is 0 Å². The van der Waals surface area contributed by atoms with Gasteiger partial charge in [0.05, 0.1) is 208 Å². The summed E-state index contributed by atoms with van der Waals surface area (Å²) in [5, 5.41) is 78.7. The Morgan fingerprint density at radius 1 is 0.689 bits per heavy atom. The number of likely N-dealkylation sites (N-methyl/N-ethyl adjacent to an activating group) is 1. The number of thioether (sulfide) groups is 1. The molecule has 11 N–H and O–H groups in total. The van der Waals surface area contributed by atoms with E-state index >= 15 is 0 Å². The van der Waals surface area contributed by atoms with Gasteiger partial charge in [0, 0.05) is 127 Å². The Kier molecular flexibility index (Phi) is 49.3. The van der Waals surface area contributed by atoms with Crippen molar-refractivity contribution in [3.8, 4) is 40.9 Å². The second-order valence-electron chi connectivity index (χ2n) is 32.7. The molecule has 0 aromatic heterocycles. The first-order valence-electron chi connectivity index (χ1n) is 44.9. The SMILES string of the molecule is CCN(C(C)=O)[C@H]1CO[C@@H](O[C@H]2[C@H](O[C@H]3C#C/C=C\C#C[C@]4(O)CC(=O)C(NC(C)=O)=C3C4=CCSSC(C)(C)CCC(=O)NCCNC(=O)CCOCCOCCOCCOCCOCCOCCOCCOCCNC(=O)CCN3C(=O)C=CC3=O)O[C@H](C)[C@@H](NO[C@H]3C[C@H](O)[C@H](SC(=O)c4c(C)c(I)c(O[C@@H]5O[C@@H](C)[C@H](O)[C@@H](CO)[C@H]5O)c(OC)c4OC)[C@@H](C)O3)[C@@H]2O)C[C@@H]1OC.[HH]. The predicted octanol–water partition coefficient (Wildman–Crippen LogP) is 1.54. The molecule has 1 aromatic carbocycles. The number of aliphatic hydroxyl groups is 6. The maximum atomic E-state index is 14.6. The number of ether oxygens (including phenoxy) is 18. The third-order valence-corrected chi connectivity index (χ3v) is 28.3. The van der Waals surface area contributed by atoms with Crippen LogP contribution in [0.3, 0.4) is 0 Å². The Labute approximate surface area is 813 Å². The number of rotatable bonds is 58. The number of fused-ring (bicyclic) bond motifs is 2. The van der Waals surface area contributed by atoms with Crippen LogP contribution >= 0.6 is 55.9 Å². The summed E-state index contributed by atoms with van der Waals surface area (Å²) in [6.07, 6.45) is -10.7. The van der Waals surface area contributed by atoms with Crippen molar-refractivity contribution in [1.82, 2.24) is 36.5 Å². The first-order valence-corrected chi connectivity index (χ1v) is 49.2. The van der Waals surface area contributed by atoms with Gasteiger partial charge >= 0.3 is 0 Å². The van der Waals surface area contributed by atoms with Crippen molar-refractivity contribution in [2.24, 2.45) is 5.92 Å². The van der Waals surface area contributed by atoms with Crippen LogP contribution in [-0.2, 0) is 114 Å². The van der Waals surface area contributed by atoms with E-state index in [0.717, 1.165) is 16.7 Å². The number of nitrogens with zero attached hydrogens (tertiary/aromatic N) is 2. The lowest BCUT2D eigenvalue weighted by Crippen LogP contribution is -2.65. The Balaban J connectivity index is 0.0000252. The topological polar surface area (TPSA) is 517 Å². The highest BCUT2D eigenvalue weighted by Crippen LogP contribution is 2.50. The second kappa shape index (κ2) is 58.6. The van der Waals surface area contributed by atoms with Gasteiger partial charge in [-0.15, -0.1) is 0 Å². The Hall–Kier alpha value is -6.61. The Morgan fingerprint density at radius 2 is 1.26 bits per heavy atom. The van der Waals surface area contributed by atoms with Crippen molar-refractivity contribution in [3.63, 3.8) is 0 Å². The van der Waals surface area contributed by atoms with Gasteiger partial charge in [0.1, 0.15) is 24.4 Å². The van der Waals surface area contributed by atoms with E-state index in [1.807, 2.05) is 43.4 Å². The fraction of sp³-hybridized carbons (Fsp3) is 0.700. The molecule has 1 aromatic rings. The maximum Gasteiger partial charge on any atom is 0.253 e. The maximum absolute atomic E-state index is 14.6. The van der Waals surface area contributed by atoms with Crippen LogP contribution in [0.2, 0.25) is 0 Å². The van der Waals surface area contributed by atoms with Crippen molar-refractivity contribution in [2.75, 3.05) is 179 Å². The van der Waals surface area contributed by atoms with Crippen LogP contribution in [0.4, 0.5) is 0 Å². The van der Waals surface area contributed by atoms with Gasteiger partial charge in [0.15, 0.2) is 41.8 Å². The number of methoxy groups -OCH3 is 3. The summed E-state index contributed by atoms with van der Waals surface area (Å²) < 4.78 is 106. The molecule has 0 spiro atoms. The van der Waals surface area contributed by atoms with Gasteiger partial charge in [0.25, 0.3) is 11.8 Å². The number of nitrogens with one attached hydrogen (secondary N) is 5. The van der Waals surface area contributed by atoms with Crippen molar-refractivity contribution in [3.05, 3.63) is 61.9 Å². The number of Topliss-reactive ketones (excluding diaryl/α,β-unsaturated/α-hetero) is 1. The number of hydrogen-bond donors (Lipinski definition) is 11. The van der Waals surface area contributed by atoms with Crippen LogP contribution in [0.15, 0.2) is 47.2 Å². The molecule has 7 aliphatic rings. The van der Waals surface area contributed by atoms with Gasteiger partial charge in [-0.05, 0) is 95.2 Å². The second-order valence-corrected chi connectivity index (χ2v) is 38.0. The molecule has 7 amide bonds. The first-order chi connectivity index (χ1) is 64.7. The van der Waals surface area contributed by atoms with E-state index in [-0.39, 0.29) is 149 Å². The zero-order chi connectivity index (χ0) is 98.3. The normalized spacial score (nSPS) is 27.3. The van der Waals surface area contributed by atoms with E-state index in [9.17, 15) is 73.8 Å². The van der Waals surface area contributed by atoms with Crippen LogP contribution in [0.5, 0.6) is 17.2 Å². The summed E-state index contributed by atoms with van der Waals surface area (Å²) in [6, 6.07) is -1.73. The Bertz CT molecular complexity index is 4300. The third kappa shape index (κ3) is 35.0. The molecular weight excluding hydrogens is 1950 g/mol. The standard InChI is InChI=1S/C90H132IN7O34S3.H2/c1-13-97(58(7)101)61-52-125-71(49-65(61)114-10)130-83-80(111)76(96-132-72-48-62(102)85(56(5)126-72)134-86(112)73-53(2)75(91)82(84(116-12)81(73)115-11)131-87-79(110)59(51-99)78(109)55(4)128-87)54(3)127-88(83)129-64-18-16-14-15-17-25-90(113)50-63(103)77(95-57(6)100)74(64)60(90)24-47-133-135-89(8,9)26-21-66(104)92-27-28-93-68(106)23-31-117-33-35-119-37-39-121-41-43-123-45-46-124-44-42-122-40-38-120-36-34-118-32-29-94-67(105)22-30-98-69(107)19-20-70(98)108;/h14-15,19-20,24,54-56,59,61-62,64-65,71-72,76,78-80,83,85,87-88,96,99,102,109-111,113H,13,21-23,26-52H2,1-12H3,(H,92,104)(H,93,106)(H,94,105)(H,95,100);1H/b15-14-,60-24?;/t54-,55+,56-,59-,61+,62+,64+,65+,71+,72+,76-,78+,79-,80+,83-,85-,87+,88+,90+;/m1./s1. The monoisotopic (exact) mass is 2080 g/mol. The van der Waals surface area contributed by atoms with Gasteiger partial charge in [-0.1, -0.05) is 63.1 Å². The van der Waals surface area contributed by atoms with Gasteiger partial charge in [-0.2, -0.15) is 5.48 Å². The van der Waals surface area contributed by atoms with Gasteiger partial charge in [0.2, 0.25) is 46.7 Å². The number of halogens is 1. The van der Waals surface area contributed by atoms with Crippen LogP contribution < -0.4 is 41.0 Å². The summed E-state index contributed by atoms with van der Waals surface area (Å²) in [5.74, 6) is 7.59. The molecule has 135 heavy (non-hydrogen) atoms. The molecule has 0 saturated carbocycles. The van der Waals surface area contributed by atoms with E-state index in [4.69, 9.17) is 90.1 Å². The van der Waals surface area contributed by atoms with Crippen molar-refractivity contribution in [1.29, 1.82) is 0 Å². The largest absolute Gasteiger partial charge is 0.492 e. The highest BCUT2D eigenvalue weighted by molar-refractivity contribution is 14.1. The molecule has 4 saturated heterocycles. The third-order valence-electron chi connectivity index (χ3n) is 22.4. The summed E-state index contributed by atoms with van der Waals surface area (Å²) in [4.78, 5) is 125. The minimum Gasteiger partial charge on any atom is -0.492 e. The van der Waals surface area contributed by atoms with Gasteiger partial charge in [-0.25, -0.2) is 0 Å². The smallest absolute Gasteiger partial charge is 0.253 e. The number of hydrogen-bond acceptors (Lipinski definition) is 38. The van der Waals surface area contributed by atoms with E-state index < -0.39 is 161 Å². The lowest BCUT2D eigenvalue weighted by Gasteiger charge is -2.47. The molecule has 5 heterocycles. The molecular formula is C90H134IN7O34S3. The Morgan fingerprint density at radius 3 is 1.83 bits per heavy atom. The molecule has 758 valence electrons. The molecule has 4 fully saturated rings. The average molecular weight is 2080 g/mol. The number of allylic oxidation sites excluding steroid dienone is 3. The zero-order valence-corrected chi connectivity index (χ0v) is 82.9. The summed E-state index contributed by atoms with van der Waals surface area (Å²) in [6.45, 7) is 20.8. The number of carbonyl (C=O) groups excluding carboxylic acids is 9. The number of benzene rings is 1. The quantitative estimate of drug-likeness (QED) is 0.0110. The van der Waals surface area contributed by atoms with Crippen molar-refractivity contribution in [2.45, 2.75) is 221 Å². The number of aliphatic hydroxyl groups excluding tert-OH is 5. The minimum atomic E-state index is -2.19. The number of hydroxylamine groups is 1. The van der Waals surface area contributed by atoms with Gasteiger partial charge < -0.3 is 142 Å². The minimum absolute atomic E-state index is 0. The van der Waals surface area contributed by atoms with E-state index in [1.54, 1.807) is 38.7 Å². The van der Waals surface area contributed by atoms with Crippen LogP contribution in [0, 0.1) is 40.1 Å². The molecule has 2 aliphatic carbocycles. The molecule has 45 heteroatoms. The zero-order valence-electron chi connectivity index (χ0n) is 78.3. The molecule has 8 rings (SSSR count). The van der Waals surface area contributed by atoms with Crippen LogP contribution in [-0.4, -0.2) is 385 Å². The van der Waals surface area contributed by atoms with E-state index in [1.165, 1.54) is 81.1 Å². The summed E-state index contributed by atoms with van der Waals surface area (Å²) in [7, 11) is 6.99. The number of carbonyl (C=O) groups is 9. The number of ketones is 1. The fourth-order valence-electron chi connectivity index (χ4n) is 15.3. The van der Waals surface area contributed by atoms with E-state index in [2.05, 4.69) is 50.4 Å². The average Bonchev–Trinajstić information content (AvgIpc) is 0.842. The van der Waals surface area contributed by atoms with Crippen LogP contribution in [0.1, 0.15) is 118 Å². The number of amides is 7. The van der Waals surface area contributed by atoms with Crippen molar-refractivity contribution < 1.29 is 165 Å². The molecule has 41 nitrogen and oxygen atoms in total. The lowest BCUT2D eigenvalue weighted by molar-refractivity contribution is -0.337. The van der Waals surface area contributed by atoms with Gasteiger partial charge in [-0.3, -0.25) is 52.9 Å². The first kappa shape index (κ1) is 114. The molecule has 5 aliphatic heterocycles. The fourth-order valence-corrected chi connectivity index (χ4v) is 19.5. The summed E-state index contributed by atoms with van der Waals surface area (Å²) >= 11 is 2.75. The molecule has 2 bridgehead atoms. The molecule has 0 radical (unpaired) electrons. The highest BCUT2D eigenvalue weighted by Gasteiger charge is 2.53. The van der Waals surface area contributed by atoms with Crippen molar-refractivity contribution >= 4 is 108 Å². The molecule has 19 atom stereocenters. The highest BCUT2D eigenvalue weighted by atomic mass is 127. The van der Waals surface area contributed by atoms with E-state index in [0.29, 0.717) is 115 Å². The number of imide groups is 1. The molecule has 0 unspecified atom stereocenters.